The van der Waals surface area contributed by atoms with Crippen molar-refractivity contribution in [2.75, 3.05) is 23.0 Å². The van der Waals surface area contributed by atoms with E-state index in [0.29, 0.717) is 22.6 Å². The molecule has 0 saturated carbocycles. The van der Waals surface area contributed by atoms with E-state index < -0.39 is 6.04 Å². The zero-order valence-corrected chi connectivity index (χ0v) is 15.9. The van der Waals surface area contributed by atoms with Crippen molar-refractivity contribution in [3.05, 3.63) is 48.2 Å². The van der Waals surface area contributed by atoms with Crippen LogP contribution >= 0.6 is 11.5 Å². The monoisotopic (exact) mass is 385 g/mol. The first-order chi connectivity index (χ1) is 13.0. The zero-order chi connectivity index (χ0) is 19.4. The third kappa shape index (κ3) is 4.11. The van der Waals surface area contributed by atoms with E-state index >= 15 is 0 Å². The van der Waals surface area contributed by atoms with Crippen LogP contribution in [0, 0.1) is 6.92 Å². The number of carbonyl (C=O) groups is 2. The Hall–Kier alpha value is -3.27. The van der Waals surface area contributed by atoms with Gasteiger partial charge in [-0.05, 0) is 49.6 Å². The SMILES string of the molecule is CNc1snc(C)c1C(=O)Nc1ccc(NC(=O)C(C)n2cncn2)cc1. The second kappa shape index (κ2) is 7.96. The van der Waals surface area contributed by atoms with Crippen LogP contribution < -0.4 is 16.0 Å². The minimum absolute atomic E-state index is 0.212. The summed E-state index contributed by atoms with van der Waals surface area (Å²) in [7, 11) is 1.75. The maximum Gasteiger partial charge on any atom is 0.260 e. The molecule has 3 rings (SSSR count). The van der Waals surface area contributed by atoms with Crippen LogP contribution in [0.25, 0.3) is 0 Å². The van der Waals surface area contributed by atoms with E-state index in [1.807, 2.05) is 0 Å². The zero-order valence-electron chi connectivity index (χ0n) is 15.1. The summed E-state index contributed by atoms with van der Waals surface area (Å²) in [6.07, 6.45) is 2.87. The molecular formula is C17H19N7O2S. The van der Waals surface area contributed by atoms with Crippen LogP contribution in [-0.2, 0) is 4.79 Å². The first-order valence-electron chi connectivity index (χ1n) is 8.20. The molecule has 2 aromatic heterocycles. The van der Waals surface area contributed by atoms with E-state index in [4.69, 9.17) is 0 Å². The highest BCUT2D eigenvalue weighted by atomic mass is 32.1. The number of benzene rings is 1. The highest BCUT2D eigenvalue weighted by Gasteiger charge is 2.18. The summed E-state index contributed by atoms with van der Waals surface area (Å²) in [5.74, 6) is -0.446. The van der Waals surface area contributed by atoms with Crippen molar-refractivity contribution in [1.29, 1.82) is 0 Å². The molecule has 0 radical (unpaired) electrons. The lowest BCUT2D eigenvalue weighted by molar-refractivity contribution is -0.119. The van der Waals surface area contributed by atoms with Crippen LogP contribution in [0.4, 0.5) is 16.4 Å². The lowest BCUT2D eigenvalue weighted by Gasteiger charge is -2.12. The third-order valence-electron chi connectivity index (χ3n) is 3.94. The molecular weight excluding hydrogens is 366 g/mol. The lowest BCUT2D eigenvalue weighted by atomic mass is 10.2. The Labute approximate surface area is 160 Å². The Balaban J connectivity index is 1.64. The minimum Gasteiger partial charge on any atom is -0.378 e. The van der Waals surface area contributed by atoms with E-state index in [1.165, 1.54) is 28.9 Å². The van der Waals surface area contributed by atoms with Gasteiger partial charge in [0.15, 0.2) is 0 Å². The van der Waals surface area contributed by atoms with Gasteiger partial charge in [-0.1, -0.05) is 0 Å². The molecule has 0 aliphatic rings. The van der Waals surface area contributed by atoms with Gasteiger partial charge < -0.3 is 16.0 Å². The minimum atomic E-state index is -0.485. The molecule has 0 aliphatic heterocycles. The summed E-state index contributed by atoms with van der Waals surface area (Å²) in [6.45, 7) is 3.52. The van der Waals surface area contributed by atoms with Crippen molar-refractivity contribution in [3.8, 4) is 0 Å². The van der Waals surface area contributed by atoms with E-state index in [2.05, 4.69) is 30.4 Å². The largest absolute Gasteiger partial charge is 0.378 e. The predicted molar refractivity (Wildman–Crippen MR) is 104 cm³/mol. The molecule has 27 heavy (non-hydrogen) atoms. The molecule has 140 valence electrons. The van der Waals surface area contributed by atoms with E-state index in [0.717, 1.165) is 5.00 Å². The van der Waals surface area contributed by atoms with Gasteiger partial charge in [0.05, 0.1) is 11.3 Å². The smallest absolute Gasteiger partial charge is 0.260 e. The number of hydrogen-bond donors (Lipinski definition) is 3. The maximum absolute atomic E-state index is 12.5. The van der Waals surface area contributed by atoms with Gasteiger partial charge >= 0.3 is 0 Å². The van der Waals surface area contributed by atoms with Gasteiger partial charge in [-0.3, -0.25) is 9.59 Å². The Morgan fingerprint density at radius 1 is 1.15 bits per heavy atom. The van der Waals surface area contributed by atoms with Crippen LogP contribution in [0.3, 0.4) is 0 Å². The average Bonchev–Trinajstić information content (AvgIpc) is 3.32. The highest BCUT2D eigenvalue weighted by Crippen LogP contribution is 2.25. The first-order valence-corrected chi connectivity index (χ1v) is 8.97. The molecule has 0 bridgehead atoms. The predicted octanol–water partition coefficient (Wildman–Crippen LogP) is 2.54. The van der Waals surface area contributed by atoms with E-state index in [9.17, 15) is 9.59 Å². The number of nitrogens with zero attached hydrogens (tertiary/aromatic N) is 4. The van der Waals surface area contributed by atoms with Gasteiger partial charge in [-0.15, -0.1) is 0 Å². The molecule has 0 saturated heterocycles. The fourth-order valence-corrected chi connectivity index (χ4v) is 3.16. The molecule has 10 heteroatoms. The quantitative estimate of drug-likeness (QED) is 0.601. The Kier molecular flexibility index (Phi) is 5.46. The summed E-state index contributed by atoms with van der Waals surface area (Å²) in [6, 6.07) is 6.41. The van der Waals surface area contributed by atoms with Gasteiger partial charge in [0.1, 0.15) is 23.7 Å². The topological polar surface area (TPSA) is 114 Å². The summed E-state index contributed by atoms with van der Waals surface area (Å²) in [4.78, 5) is 28.6. The number of anilines is 3. The molecule has 2 amide bonds. The van der Waals surface area contributed by atoms with E-state index in [1.54, 1.807) is 45.2 Å². The summed E-state index contributed by atoms with van der Waals surface area (Å²) in [5, 5.41) is 13.3. The van der Waals surface area contributed by atoms with Crippen molar-refractivity contribution >= 4 is 39.7 Å². The molecule has 3 N–H and O–H groups in total. The molecule has 0 spiro atoms. The summed E-state index contributed by atoms with van der Waals surface area (Å²) < 4.78 is 5.67. The number of aryl methyl sites for hydroxylation is 1. The Morgan fingerprint density at radius 3 is 2.41 bits per heavy atom. The molecule has 2 heterocycles. The lowest BCUT2D eigenvalue weighted by Crippen LogP contribution is -2.24. The van der Waals surface area contributed by atoms with Crippen LogP contribution in [0.15, 0.2) is 36.9 Å². The third-order valence-corrected chi connectivity index (χ3v) is 4.90. The standard InChI is InChI=1S/C17H19N7O2S/c1-10-14(17(18-3)27-23-10)16(26)22-13-6-4-12(5-7-13)21-15(25)11(2)24-9-19-8-20-24/h4-9,11,18H,1-3H3,(H,21,25)(H,22,26). The van der Waals surface area contributed by atoms with Crippen LogP contribution in [0.2, 0.25) is 0 Å². The second-order valence-electron chi connectivity index (χ2n) is 5.79. The molecule has 1 aromatic carbocycles. The van der Waals surface area contributed by atoms with Crippen molar-refractivity contribution in [1.82, 2.24) is 19.1 Å². The van der Waals surface area contributed by atoms with Crippen LogP contribution in [-0.4, -0.2) is 38.0 Å². The first kappa shape index (κ1) is 18.5. The number of rotatable bonds is 6. The molecule has 9 nitrogen and oxygen atoms in total. The van der Waals surface area contributed by atoms with Gasteiger partial charge in [0.25, 0.3) is 5.91 Å². The van der Waals surface area contributed by atoms with Crippen molar-refractivity contribution < 1.29 is 9.59 Å². The fraction of sp³-hybridized carbons (Fsp3) is 0.235. The van der Waals surface area contributed by atoms with Gasteiger partial charge in [-0.2, -0.15) is 9.47 Å². The molecule has 0 fully saturated rings. The van der Waals surface area contributed by atoms with Crippen molar-refractivity contribution in [2.45, 2.75) is 19.9 Å². The van der Waals surface area contributed by atoms with Gasteiger partial charge in [0.2, 0.25) is 5.91 Å². The van der Waals surface area contributed by atoms with E-state index in [-0.39, 0.29) is 11.8 Å². The summed E-state index contributed by atoms with van der Waals surface area (Å²) >= 11 is 1.24. The maximum atomic E-state index is 12.5. The van der Waals surface area contributed by atoms with Crippen LogP contribution in [0.5, 0.6) is 0 Å². The van der Waals surface area contributed by atoms with Gasteiger partial charge in [-0.25, -0.2) is 9.67 Å². The van der Waals surface area contributed by atoms with Gasteiger partial charge in [0, 0.05) is 18.4 Å². The average molecular weight is 385 g/mol. The Morgan fingerprint density at radius 2 is 1.81 bits per heavy atom. The van der Waals surface area contributed by atoms with Crippen molar-refractivity contribution in [2.24, 2.45) is 0 Å². The second-order valence-corrected chi connectivity index (χ2v) is 6.57. The number of hydrogen-bond acceptors (Lipinski definition) is 7. The molecule has 1 unspecified atom stereocenters. The molecule has 0 aliphatic carbocycles. The normalized spacial score (nSPS) is 11.7. The highest BCUT2D eigenvalue weighted by molar-refractivity contribution is 7.10. The van der Waals surface area contributed by atoms with Crippen LogP contribution in [0.1, 0.15) is 29.0 Å². The van der Waals surface area contributed by atoms with Crippen molar-refractivity contribution in [3.63, 3.8) is 0 Å². The number of aromatic nitrogens is 4. The fourth-order valence-electron chi connectivity index (χ4n) is 2.42. The molecule has 3 aromatic rings. The number of carbonyl (C=O) groups excluding carboxylic acids is 2. The summed E-state index contributed by atoms with van der Waals surface area (Å²) in [5.41, 5.74) is 2.44. The number of nitrogens with one attached hydrogen (secondary N) is 3. The Bertz CT molecular complexity index is 935. The molecule has 1 atom stereocenters. The number of amides is 2.